The van der Waals surface area contributed by atoms with Gasteiger partial charge in [-0.15, -0.1) is 0 Å². The minimum absolute atomic E-state index is 0.125. The number of hydrogen-bond donors (Lipinski definition) is 2. The molecule has 1 unspecified atom stereocenters. The van der Waals surface area contributed by atoms with Gasteiger partial charge in [0.15, 0.2) is 0 Å². The molecule has 1 amide bonds. The van der Waals surface area contributed by atoms with Crippen LogP contribution in [-0.2, 0) is 24.2 Å². The Bertz CT molecular complexity index is 1580. The van der Waals surface area contributed by atoms with Gasteiger partial charge in [0, 0.05) is 56.3 Å². The summed E-state index contributed by atoms with van der Waals surface area (Å²) in [5.74, 6) is -0.400. The number of anilines is 1. The predicted octanol–water partition coefficient (Wildman–Crippen LogP) is 4.11. The highest BCUT2D eigenvalue weighted by Crippen LogP contribution is 2.33. The van der Waals surface area contributed by atoms with Crippen LogP contribution in [0.4, 0.5) is 5.69 Å². The van der Waals surface area contributed by atoms with Crippen molar-refractivity contribution in [2.24, 2.45) is 0 Å². The summed E-state index contributed by atoms with van der Waals surface area (Å²) in [5, 5.41) is 6.11. The average molecular weight is 558 g/mol. The van der Waals surface area contributed by atoms with Crippen LogP contribution in [0.25, 0.3) is 10.9 Å². The molecule has 0 radical (unpaired) electrons. The van der Waals surface area contributed by atoms with Gasteiger partial charge in [-0.05, 0) is 41.0 Å². The van der Waals surface area contributed by atoms with E-state index in [4.69, 9.17) is 16.3 Å². The van der Waals surface area contributed by atoms with Crippen LogP contribution in [0.1, 0.15) is 33.2 Å². The van der Waals surface area contributed by atoms with Crippen LogP contribution in [-0.4, -0.2) is 48.7 Å². The maximum atomic E-state index is 13.9. The molecule has 8 nitrogen and oxygen atoms in total. The minimum Gasteiger partial charge on any atom is -0.379 e. The topological polar surface area (TPSA) is 78.8 Å². The molecule has 1 saturated heterocycles. The molecule has 3 heterocycles. The number of ether oxygens (including phenoxy) is 1. The molecular formula is C31H32ClN5O3. The molecule has 1 atom stereocenters. The Balaban J connectivity index is 1.42. The summed E-state index contributed by atoms with van der Waals surface area (Å²) in [7, 11) is 1.98. The van der Waals surface area contributed by atoms with Crippen LogP contribution in [0, 0.1) is 0 Å². The van der Waals surface area contributed by atoms with E-state index in [-0.39, 0.29) is 17.2 Å². The highest BCUT2D eigenvalue weighted by Gasteiger charge is 2.28. The standard InChI is InChI=1S/C31H32ClN5O3/c1-35-27-16-23(19-36-11-13-40-14-12-36)15-25-29(27)37(28(34-35)17-21-5-3-2-4-6-21)20-26(30(25)38)31(39)33-18-22-7-9-24(32)10-8-22/h2-10,15-16,20,28,34H,11-14,17-19H2,1H3,(H,33,39). The molecular weight excluding hydrogens is 526 g/mol. The summed E-state index contributed by atoms with van der Waals surface area (Å²) in [6.45, 7) is 4.10. The van der Waals surface area contributed by atoms with E-state index in [2.05, 4.69) is 38.4 Å². The van der Waals surface area contributed by atoms with Gasteiger partial charge in [-0.1, -0.05) is 54.1 Å². The van der Waals surface area contributed by atoms with Crippen molar-refractivity contribution in [1.82, 2.24) is 20.2 Å². The van der Waals surface area contributed by atoms with Crippen LogP contribution in [0.3, 0.4) is 0 Å². The Morgan fingerprint density at radius 1 is 1.02 bits per heavy atom. The molecule has 40 heavy (non-hydrogen) atoms. The van der Waals surface area contributed by atoms with Gasteiger partial charge < -0.3 is 19.6 Å². The lowest BCUT2D eigenvalue weighted by atomic mass is 10.0. The Labute approximate surface area is 238 Å². The molecule has 206 valence electrons. The van der Waals surface area contributed by atoms with Gasteiger partial charge in [0.2, 0.25) is 5.43 Å². The van der Waals surface area contributed by atoms with Gasteiger partial charge >= 0.3 is 0 Å². The first-order valence-electron chi connectivity index (χ1n) is 13.5. The smallest absolute Gasteiger partial charge is 0.257 e. The molecule has 9 heteroatoms. The molecule has 6 rings (SSSR count). The Morgan fingerprint density at radius 3 is 2.52 bits per heavy atom. The monoisotopic (exact) mass is 557 g/mol. The van der Waals surface area contributed by atoms with Crippen LogP contribution in [0.5, 0.6) is 0 Å². The van der Waals surface area contributed by atoms with Crippen LogP contribution >= 0.6 is 11.6 Å². The molecule has 0 saturated carbocycles. The lowest BCUT2D eigenvalue weighted by Crippen LogP contribution is -2.46. The molecule has 1 aromatic heterocycles. The number of hydrogen-bond acceptors (Lipinski definition) is 6. The molecule has 3 aromatic carbocycles. The van der Waals surface area contributed by atoms with Crippen molar-refractivity contribution in [1.29, 1.82) is 0 Å². The van der Waals surface area contributed by atoms with E-state index in [1.807, 2.05) is 48.5 Å². The van der Waals surface area contributed by atoms with Crippen molar-refractivity contribution in [3.05, 3.63) is 110 Å². The van der Waals surface area contributed by atoms with Gasteiger partial charge in [-0.2, -0.15) is 0 Å². The van der Waals surface area contributed by atoms with Crippen molar-refractivity contribution >= 4 is 34.1 Å². The number of amides is 1. The number of carbonyl (C=O) groups is 1. The van der Waals surface area contributed by atoms with Crippen LogP contribution < -0.4 is 21.2 Å². The van der Waals surface area contributed by atoms with E-state index in [0.29, 0.717) is 43.1 Å². The molecule has 0 spiro atoms. The maximum Gasteiger partial charge on any atom is 0.257 e. The first kappa shape index (κ1) is 26.5. The summed E-state index contributed by atoms with van der Waals surface area (Å²) in [6.07, 6.45) is 2.21. The Kier molecular flexibility index (Phi) is 7.58. The summed E-state index contributed by atoms with van der Waals surface area (Å²) < 4.78 is 7.56. The second-order valence-electron chi connectivity index (χ2n) is 10.4. The Morgan fingerprint density at radius 2 is 1.77 bits per heavy atom. The van der Waals surface area contributed by atoms with E-state index in [0.717, 1.165) is 41.0 Å². The van der Waals surface area contributed by atoms with E-state index in [1.54, 1.807) is 18.3 Å². The van der Waals surface area contributed by atoms with Crippen LogP contribution in [0.15, 0.2) is 77.7 Å². The fourth-order valence-corrected chi connectivity index (χ4v) is 5.64. The number of benzene rings is 3. The second kappa shape index (κ2) is 11.4. The molecule has 2 aliphatic heterocycles. The molecule has 2 aliphatic rings. The maximum absolute atomic E-state index is 13.9. The average Bonchev–Trinajstić information content (AvgIpc) is 2.97. The van der Waals surface area contributed by atoms with Gasteiger partial charge in [-0.3, -0.25) is 14.5 Å². The SMILES string of the molecule is CN1NC(Cc2ccccc2)n2cc(C(=O)NCc3ccc(Cl)cc3)c(=O)c3cc(CN4CCOCC4)cc1c32. The molecule has 4 aromatic rings. The highest BCUT2D eigenvalue weighted by atomic mass is 35.5. The van der Waals surface area contributed by atoms with Gasteiger partial charge in [0.25, 0.3) is 5.91 Å². The number of morpholine rings is 1. The van der Waals surface area contributed by atoms with E-state index < -0.39 is 5.91 Å². The van der Waals surface area contributed by atoms with Crippen LogP contribution in [0.2, 0.25) is 5.02 Å². The zero-order chi connectivity index (χ0) is 27.6. The van der Waals surface area contributed by atoms with Gasteiger partial charge in [0.1, 0.15) is 11.7 Å². The van der Waals surface area contributed by atoms with Crippen molar-refractivity contribution in [3.8, 4) is 0 Å². The summed E-state index contributed by atoms with van der Waals surface area (Å²) in [6, 6.07) is 21.6. The first-order valence-corrected chi connectivity index (χ1v) is 13.9. The highest BCUT2D eigenvalue weighted by molar-refractivity contribution is 6.30. The minimum atomic E-state index is -0.400. The lowest BCUT2D eigenvalue weighted by Gasteiger charge is -2.37. The fraction of sp³-hybridized carbons (Fsp3) is 0.290. The zero-order valence-electron chi connectivity index (χ0n) is 22.4. The zero-order valence-corrected chi connectivity index (χ0v) is 23.2. The van der Waals surface area contributed by atoms with E-state index in [1.165, 1.54) is 0 Å². The number of aromatic nitrogens is 1. The Hall–Kier alpha value is -3.69. The molecule has 1 fully saturated rings. The number of nitrogens with zero attached hydrogens (tertiary/aromatic N) is 3. The largest absolute Gasteiger partial charge is 0.379 e. The number of nitrogens with one attached hydrogen (secondary N) is 2. The van der Waals surface area contributed by atoms with Crippen molar-refractivity contribution in [2.75, 3.05) is 38.4 Å². The third kappa shape index (κ3) is 5.48. The molecule has 2 N–H and O–H groups in total. The van der Waals surface area contributed by atoms with Crippen molar-refractivity contribution in [3.63, 3.8) is 0 Å². The summed E-state index contributed by atoms with van der Waals surface area (Å²) >= 11 is 6.00. The second-order valence-corrected chi connectivity index (χ2v) is 10.8. The number of rotatable bonds is 7. The van der Waals surface area contributed by atoms with E-state index in [9.17, 15) is 9.59 Å². The number of pyridine rings is 1. The lowest BCUT2D eigenvalue weighted by molar-refractivity contribution is 0.0342. The summed E-state index contributed by atoms with van der Waals surface area (Å²) in [5.41, 5.74) is 8.26. The normalized spacial score (nSPS) is 17.2. The van der Waals surface area contributed by atoms with Crippen molar-refractivity contribution < 1.29 is 9.53 Å². The molecule has 0 bridgehead atoms. The summed E-state index contributed by atoms with van der Waals surface area (Å²) in [4.78, 5) is 29.7. The number of halogens is 1. The van der Waals surface area contributed by atoms with Gasteiger partial charge in [0.05, 0.1) is 24.4 Å². The third-order valence-electron chi connectivity index (χ3n) is 7.60. The number of carbonyl (C=O) groups excluding carboxylic acids is 1. The van der Waals surface area contributed by atoms with Crippen molar-refractivity contribution in [2.45, 2.75) is 25.7 Å². The van der Waals surface area contributed by atoms with Gasteiger partial charge in [-0.25, -0.2) is 5.43 Å². The predicted molar refractivity (Wildman–Crippen MR) is 158 cm³/mol. The quantitative estimate of drug-likeness (QED) is 0.356. The fourth-order valence-electron chi connectivity index (χ4n) is 5.52. The molecule has 0 aliphatic carbocycles. The number of hydrazine groups is 1. The first-order chi connectivity index (χ1) is 19.5. The van der Waals surface area contributed by atoms with E-state index >= 15 is 0 Å². The third-order valence-corrected chi connectivity index (χ3v) is 7.85.